The van der Waals surface area contributed by atoms with Crippen molar-refractivity contribution in [2.45, 2.75) is 50.0 Å². The molecule has 0 bridgehead atoms. The molecule has 0 spiro atoms. The molecule has 0 saturated heterocycles. The van der Waals surface area contributed by atoms with E-state index in [0.29, 0.717) is 35.1 Å². The van der Waals surface area contributed by atoms with Crippen molar-refractivity contribution in [2.75, 3.05) is 17.2 Å². The lowest BCUT2D eigenvalue weighted by Gasteiger charge is -2.27. The third-order valence-electron chi connectivity index (χ3n) is 4.43. The van der Waals surface area contributed by atoms with Gasteiger partial charge >= 0.3 is 0 Å². The van der Waals surface area contributed by atoms with Crippen molar-refractivity contribution < 1.29 is 8.42 Å². The molecule has 1 saturated carbocycles. The van der Waals surface area contributed by atoms with Crippen LogP contribution in [0.3, 0.4) is 0 Å². The molecule has 0 amide bonds. The Labute approximate surface area is 165 Å². The summed E-state index contributed by atoms with van der Waals surface area (Å²) in [6.45, 7) is 2.45. The molecule has 1 heterocycles. The lowest BCUT2D eigenvalue weighted by molar-refractivity contribution is 0.444. The molecule has 7 nitrogen and oxygen atoms in total. The van der Waals surface area contributed by atoms with E-state index in [4.69, 9.17) is 11.6 Å². The van der Waals surface area contributed by atoms with Crippen LogP contribution in [0.25, 0.3) is 0 Å². The normalized spacial score (nSPS) is 14.6. The van der Waals surface area contributed by atoms with Crippen LogP contribution in [-0.4, -0.2) is 31.0 Å². The van der Waals surface area contributed by atoms with Crippen molar-refractivity contribution in [3.63, 3.8) is 0 Å². The fourth-order valence-electron chi connectivity index (χ4n) is 2.59. The van der Waals surface area contributed by atoms with Gasteiger partial charge in [-0.2, -0.15) is 4.98 Å². The molecule has 3 rings (SSSR count). The lowest BCUT2D eigenvalue weighted by Crippen LogP contribution is -2.27. The molecule has 1 aromatic carbocycles. The maximum absolute atomic E-state index is 12.2. The Bertz CT molecular complexity index is 870. The van der Waals surface area contributed by atoms with Gasteiger partial charge < -0.3 is 10.6 Å². The highest BCUT2D eigenvalue weighted by atomic mass is 35.5. The average Bonchev–Trinajstić information content (AvgIpc) is 2.61. The third-order valence-corrected chi connectivity index (χ3v) is 6.19. The van der Waals surface area contributed by atoms with E-state index in [0.717, 1.165) is 25.7 Å². The number of unbranched alkanes of at least 4 members (excludes halogenated alkanes) is 1. The van der Waals surface area contributed by atoms with E-state index < -0.39 is 10.0 Å². The van der Waals surface area contributed by atoms with Gasteiger partial charge in [-0.05, 0) is 49.9 Å². The summed E-state index contributed by atoms with van der Waals surface area (Å²) in [6.07, 6.45) is 6.74. The van der Waals surface area contributed by atoms with Crippen LogP contribution in [0.4, 0.5) is 17.5 Å². The van der Waals surface area contributed by atoms with E-state index in [-0.39, 0.29) is 4.90 Å². The summed E-state index contributed by atoms with van der Waals surface area (Å²) in [5, 5.41) is 6.87. The molecule has 3 N–H and O–H groups in total. The van der Waals surface area contributed by atoms with Crippen LogP contribution in [-0.2, 0) is 10.0 Å². The van der Waals surface area contributed by atoms with Gasteiger partial charge in [-0.15, -0.1) is 0 Å². The van der Waals surface area contributed by atoms with Crippen molar-refractivity contribution in [1.82, 2.24) is 14.7 Å². The Kier molecular flexibility index (Phi) is 6.51. The first kappa shape index (κ1) is 19.9. The van der Waals surface area contributed by atoms with Gasteiger partial charge in [0.15, 0.2) is 5.82 Å². The second-order valence-electron chi connectivity index (χ2n) is 6.56. The summed E-state index contributed by atoms with van der Waals surface area (Å²) in [7, 11) is -3.48. The third kappa shape index (κ3) is 5.31. The first-order chi connectivity index (χ1) is 13.0. The summed E-state index contributed by atoms with van der Waals surface area (Å²) in [5.41, 5.74) is 0.694. The summed E-state index contributed by atoms with van der Waals surface area (Å²) in [6, 6.07) is 6.90. The maximum Gasteiger partial charge on any atom is 0.240 e. The fraction of sp³-hybridized carbons (Fsp3) is 0.444. The van der Waals surface area contributed by atoms with Crippen molar-refractivity contribution in [2.24, 2.45) is 0 Å². The number of rotatable bonds is 9. The molecule has 27 heavy (non-hydrogen) atoms. The Morgan fingerprint density at radius 3 is 2.59 bits per heavy atom. The molecule has 0 radical (unpaired) electrons. The maximum atomic E-state index is 12.2. The molecule has 9 heteroatoms. The molecular weight excluding hydrogens is 386 g/mol. The van der Waals surface area contributed by atoms with Crippen LogP contribution in [0.15, 0.2) is 35.4 Å². The first-order valence-electron chi connectivity index (χ1n) is 9.14. The smallest absolute Gasteiger partial charge is 0.240 e. The van der Waals surface area contributed by atoms with Gasteiger partial charge in [0.2, 0.25) is 16.0 Å². The number of nitrogens with zero attached hydrogens (tertiary/aromatic N) is 2. The van der Waals surface area contributed by atoms with Gasteiger partial charge in [0, 0.05) is 18.3 Å². The molecule has 0 unspecified atom stereocenters. The monoisotopic (exact) mass is 409 g/mol. The zero-order chi connectivity index (χ0) is 19.3. The van der Waals surface area contributed by atoms with Gasteiger partial charge in [-0.3, -0.25) is 0 Å². The topological polar surface area (TPSA) is 96.0 Å². The number of aromatic nitrogens is 2. The average molecular weight is 410 g/mol. The van der Waals surface area contributed by atoms with Crippen LogP contribution < -0.4 is 15.4 Å². The van der Waals surface area contributed by atoms with Gasteiger partial charge in [-0.1, -0.05) is 24.9 Å². The number of sulfonamides is 1. The number of hydrogen-bond donors (Lipinski definition) is 3. The number of hydrogen-bond acceptors (Lipinski definition) is 6. The van der Waals surface area contributed by atoms with E-state index in [9.17, 15) is 8.42 Å². The quantitative estimate of drug-likeness (QED) is 0.543. The SMILES string of the molecule is CCCCNS(=O)(=O)c1ccc(Nc2ncc(Cl)c(NC3CCC3)n2)cc1. The van der Waals surface area contributed by atoms with Crippen LogP contribution in [0, 0.1) is 0 Å². The molecule has 146 valence electrons. The van der Waals surface area contributed by atoms with E-state index in [2.05, 4.69) is 25.3 Å². The zero-order valence-corrected chi connectivity index (χ0v) is 16.8. The summed E-state index contributed by atoms with van der Waals surface area (Å²) >= 11 is 6.16. The lowest BCUT2D eigenvalue weighted by atomic mass is 9.93. The molecule has 1 aromatic heterocycles. The number of anilines is 3. The Morgan fingerprint density at radius 1 is 1.22 bits per heavy atom. The number of halogens is 1. The Morgan fingerprint density at radius 2 is 1.96 bits per heavy atom. The highest BCUT2D eigenvalue weighted by Gasteiger charge is 2.19. The van der Waals surface area contributed by atoms with Gasteiger partial charge in [0.1, 0.15) is 5.02 Å². The first-order valence-corrected chi connectivity index (χ1v) is 11.0. The largest absolute Gasteiger partial charge is 0.366 e. The second-order valence-corrected chi connectivity index (χ2v) is 8.74. The minimum absolute atomic E-state index is 0.230. The Balaban J connectivity index is 1.66. The fourth-order valence-corrected chi connectivity index (χ4v) is 3.81. The predicted octanol–water partition coefficient (Wildman–Crippen LogP) is 3.92. The van der Waals surface area contributed by atoms with Gasteiger partial charge in [0.25, 0.3) is 0 Å². The van der Waals surface area contributed by atoms with Crippen LogP contribution in [0.2, 0.25) is 5.02 Å². The van der Waals surface area contributed by atoms with Gasteiger partial charge in [-0.25, -0.2) is 18.1 Å². The highest BCUT2D eigenvalue weighted by Crippen LogP contribution is 2.27. The molecular formula is C18H24ClN5O2S. The molecule has 1 aliphatic carbocycles. The van der Waals surface area contributed by atoms with Crippen molar-refractivity contribution >= 4 is 39.1 Å². The molecule has 1 fully saturated rings. The summed E-state index contributed by atoms with van der Waals surface area (Å²) in [5.74, 6) is 1.01. The molecule has 0 aliphatic heterocycles. The van der Waals surface area contributed by atoms with Gasteiger partial charge in [0.05, 0.1) is 11.1 Å². The minimum atomic E-state index is -3.48. The van der Waals surface area contributed by atoms with E-state index in [1.54, 1.807) is 30.5 Å². The molecule has 2 aromatic rings. The molecule has 0 atom stereocenters. The van der Waals surface area contributed by atoms with E-state index >= 15 is 0 Å². The minimum Gasteiger partial charge on any atom is -0.366 e. The highest BCUT2D eigenvalue weighted by molar-refractivity contribution is 7.89. The van der Waals surface area contributed by atoms with Crippen molar-refractivity contribution in [3.05, 3.63) is 35.5 Å². The van der Waals surface area contributed by atoms with E-state index in [1.165, 1.54) is 6.42 Å². The van der Waals surface area contributed by atoms with Crippen LogP contribution >= 0.6 is 11.6 Å². The number of benzene rings is 1. The predicted molar refractivity (Wildman–Crippen MR) is 108 cm³/mol. The van der Waals surface area contributed by atoms with Crippen LogP contribution in [0.1, 0.15) is 39.0 Å². The van der Waals surface area contributed by atoms with Crippen molar-refractivity contribution in [3.8, 4) is 0 Å². The summed E-state index contributed by atoms with van der Waals surface area (Å²) in [4.78, 5) is 8.83. The standard InChI is InChI=1S/C18H24ClN5O2S/c1-2-3-11-21-27(25,26)15-9-7-14(8-10-15)23-18-20-12-16(19)17(24-18)22-13-5-4-6-13/h7-10,12-13,21H,2-6,11H2,1H3,(H2,20,22,23,24). The number of nitrogens with one attached hydrogen (secondary N) is 3. The van der Waals surface area contributed by atoms with Crippen molar-refractivity contribution in [1.29, 1.82) is 0 Å². The van der Waals surface area contributed by atoms with E-state index in [1.807, 2.05) is 6.92 Å². The molecule has 1 aliphatic rings. The second kappa shape index (κ2) is 8.86. The zero-order valence-electron chi connectivity index (χ0n) is 15.2. The van der Waals surface area contributed by atoms with Crippen LogP contribution in [0.5, 0.6) is 0 Å². The summed E-state index contributed by atoms with van der Waals surface area (Å²) < 4.78 is 27.0. The Hall–Kier alpha value is -1.90.